The van der Waals surface area contributed by atoms with Crippen molar-refractivity contribution in [1.29, 1.82) is 0 Å². The van der Waals surface area contributed by atoms with E-state index in [0.29, 0.717) is 5.56 Å². The summed E-state index contributed by atoms with van der Waals surface area (Å²) in [6, 6.07) is 13.7. The third-order valence-corrected chi connectivity index (χ3v) is 13.1. The quantitative estimate of drug-likeness (QED) is 0.0294. The van der Waals surface area contributed by atoms with Crippen LogP contribution in [-0.4, -0.2) is 200 Å². The van der Waals surface area contributed by atoms with Crippen LogP contribution in [0.5, 0.6) is 46.0 Å². The molecule has 5 heterocycles. The van der Waals surface area contributed by atoms with Crippen LogP contribution in [0.4, 0.5) is 0 Å². The van der Waals surface area contributed by atoms with Crippen molar-refractivity contribution in [3.05, 3.63) is 93.2 Å². The van der Waals surface area contributed by atoms with E-state index in [2.05, 4.69) is 0 Å². The van der Waals surface area contributed by atoms with Crippen LogP contribution in [0.3, 0.4) is 0 Å². The Bertz CT molecular complexity index is 3300. The number of aliphatic hydroxyl groups excluding tert-OH is 9. The van der Waals surface area contributed by atoms with Crippen molar-refractivity contribution in [3.8, 4) is 80.0 Å². The largest absolute Gasteiger partial charge is 0.508 e. The van der Waals surface area contributed by atoms with Gasteiger partial charge in [-0.2, -0.15) is 0 Å². The monoisotopic (exact) mass is 1130 g/mol. The molecule has 3 fully saturated rings. The molecule has 29 heteroatoms. The maximum Gasteiger partial charge on any atom is 0.317 e. The number of phenols is 6. The summed E-state index contributed by atoms with van der Waals surface area (Å²) in [5, 5.41) is 158. The third kappa shape index (κ3) is 11.7. The number of hydrogen-bond acceptors (Lipinski definition) is 29. The van der Waals surface area contributed by atoms with Gasteiger partial charge in [-0.3, -0.25) is 19.2 Å². The first-order valence-electron chi connectivity index (χ1n) is 24.0. The Hall–Kier alpha value is -7.88. The van der Waals surface area contributed by atoms with Gasteiger partial charge in [0, 0.05) is 41.5 Å². The number of phenolic OH excluding ortho intramolecular Hbond substituents is 6. The van der Waals surface area contributed by atoms with Gasteiger partial charge in [0.15, 0.2) is 45.9 Å². The first-order valence-corrected chi connectivity index (χ1v) is 24.0. The highest BCUT2D eigenvalue weighted by Crippen LogP contribution is 2.46. The zero-order chi connectivity index (χ0) is 57.6. The Morgan fingerprint density at radius 1 is 0.487 bits per heavy atom. The first-order chi connectivity index (χ1) is 37.9. The fourth-order valence-corrected chi connectivity index (χ4v) is 8.79. The normalized spacial score (nSPS) is 28.8. The van der Waals surface area contributed by atoms with E-state index in [1.54, 1.807) is 0 Å². The SMILES string of the molecule is O=C(CC(=O)OC[C@H]1O[C@@H](Oc2cc(O)c3c(=O)cc(-c4ccc(O)cc4)oc3c2)[C@H](O)[C@@H](O)[C@@H]1O)OC[C@H]1O[C@@H](OC[C@H]2O[C@@H](Oc3cc4c(O)cc(=O)cc-4oc3-c3cc(O)c(O)c(O)c3)[C@H](O)[C@@H](O)[C@@H]2O)[C@H](O)[C@@H](O)[C@@H]1O. The number of hydrogen-bond donors (Lipinski definition) is 15. The molecule has 3 saturated heterocycles. The van der Waals surface area contributed by atoms with Crippen LogP contribution < -0.4 is 20.3 Å². The summed E-state index contributed by atoms with van der Waals surface area (Å²) in [6.45, 7) is -2.60. The number of ether oxygens (including phenoxy) is 8. The summed E-state index contributed by atoms with van der Waals surface area (Å²) >= 11 is 0. The molecule has 4 aliphatic heterocycles. The van der Waals surface area contributed by atoms with E-state index in [9.17, 15) is 95.8 Å². The van der Waals surface area contributed by atoms with Crippen molar-refractivity contribution in [2.45, 2.75) is 98.5 Å². The average Bonchev–Trinajstić information content (AvgIpc) is 3.53. The minimum atomic E-state index is -2.06. The number of esters is 2. The van der Waals surface area contributed by atoms with Crippen LogP contribution in [-0.2, 0) is 38.0 Å². The molecule has 0 bridgehead atoms. The number of carbonyl (C=O) groups is 2. The summed E-state index contributed by atoms with van der Waals surface area (Å²) < 4.78 is 55.6. The molecule has 1 aliphatic carbocycles. The van der Waals surface area contributed by atoms with Crippen LogP contribution in [0.1, 0.15) is 6.42 Å². The summed E-state index contributed by atoms with van der Waals surface area (Å²) in [5.74, 6) is -7.66. The predicted molar refractivity (Wildman–Crippen MR) is 259 cm³/mol. The minimum Gasteiger partial charge on any atom is -0.508 e. The highest BCUT2D eigenvalue weighted by molar-refractivity contribution is 5.91. The Balaban J connectivity index is 0.794. The zero-order valence-corrected chi connectivity index (χ0v) is 40.8. The van der Waals surface area contributed by atoms with Gasteiger partial charge >= 0.3 is 11.9 Å². The molecule has 0 unspecified atom stereocenters. The maximum atomic E-state index is 12.9. The fraction of sp³-hybridized carbons (Fsp3) is 0.373. The molecule has 0 radical (unpaired) electrons. The van der Waals surface area contributed by atoms with Crippen molar-refractivity contribution in [2.75, 3.05) is 19.8 Å². The zero-order valence-electron chi connectivity index (χ0n) is 40.8. The first kappa shape index (κ1) is 56.8. The van der Waals surface area contributed by atoms with Gasteiger partial charge in [-0.05, 0) is 42.5 Å². The van der Waals surface area contributed by atoms with E-state index in [-0.39, 0.29) is 45.1 Å². The molecule has 0 saturated carbocycles. The summed E-state index contributed by atoms with van der Waals surface area (Å²) in [5.41, 5.74) is -1.44. The molecule has 0 spiro atoms. The van der Waals surface area contributed by atoms with E-state index in [1.807, 2.05) is 0 Å². The van der Waals surface area contributed by atoms with Gasteiger partial charge in [-0.1, -0.05) is 0 Å². The lowest BCUT2D eigenvalue weighted by molar-refractivity contribution is -0.323. The van der Waals surface area contributed by atoms with Gasteiger partial charge in [-0.25, -0.2) is 0 Å². The molecule has 9 rings (SSSR count). The molecule has 15 atom stereocenters. The molecule has 80 heavy (non-hydrogen) atoms. The topological polar surface area (TPSA) is 472 Å². The third-order valence-electron chi connectivity index (χ3n) is 13.1. The van der Waals surface area contributed by atoms with E-state index < -0.39 is 181 Å². The molecule has 1 aromatic heterocycles. The smallest absolute Gasteiger partial charge is 0.317 e. The van der Waals surface area contributed by atoms with E-state index in [4.69, 9.17) is 46.7 Å². The van der Waals surface area contributed by atoms with Gasteiger partial charge in [0.1, 0.15) is 138 Å². The van der Waals surface area contributed by atoms with Crippen LogP contribution in [0.2, 0.25) is 0 Å². The van der Waals surface area contributed by atoms with Crippen molar-refractivity contribution in [2.24, 2.45) is 0 Å². The highest BCUT2D eigenvalue weighted by Gasteiger charge is 2.49. The Kier molecular flexibility index (Phi) is 16.4. The van der Waals surface area contributed by atoms with E-state index >= 15 is 0 Å². The molecule has 5 aliphatic rings. The highest BCUT2D eigenvalue weighted by atomic mass is 16.7. The number of rotatable bonds is 15. The van der Waals surface area contributed by atoms with Gasteiger partial charge in [-0.15, -0.1) is 0 Å². The Morgan fingerprint density at radius 2 is 1.02 bits per heavy atom. The fourth-order valence-electron chi connectivity index (χ4n) is 8.79. The maximum absolute atomic E-state index is 12.9. The van der Waals surface area contributed by atoms with Crippen LogP contribution in [0.15, 0.2) is 91.2 Å². The number of fused-ring (bicyclic) bond motifs is 2. The minimum absolute atomic E-state index is 0.0504. The molecule has 3 aromatic carbocycles. The number of aliphatic hydroxyl groups is 9. The Labute approximate surface area is 446 Å². The van der Waals surface area contributed by atoms with E-state index in [1.165, 1.54) is 30.3 Å². The van der Waals surface area contributed by atoms with Crippen molar-refractivity contribution >= 4 is 22.9 Å². The molecular weight excluding hydrogens is 1080 g/mol. The lowest BCUT2D eigenvalue weighted by Crippen LogP contribution is -2.62. The second-order valence-electron chi connectivity index (χ2n) is 18.7. The van der Waals surface area contributed by atoms with Crippen LogP contribution in [0.25, 0.3) is 44.9 Å². The van der Waals surface area contributed by atoms with E-state index in [0.717, 1.165) is 42.5 Å². The average molecular weight is 1130 g/mol. The molecule has 15 N–H and O–H groups in total. The number of benzene rings is 4. The second kappa shape index (κ2) is 23.1. The number of aromatic hydroxyl groups is 6. The summed E-state index contributed by atoms with van der Waals surface area (Å²) in [6.07, 6.45) is -29.7. The van der Waals surface area contributed by atoms with Crippen molar-refractivity contribution < 1.29 is 133 Å². The molecule has 428 valence electrons. The second-order valence-corrected chi connectivity index (χ2v) is 18.7. The number of carbonyl (C=O) groups excluding carboxylic acids is 2. The van der Waals surface area contributed by atoms with Gasteiger partial charge in [0.05, 0.1) is 12.2 Å². The summed E-state index contributed by atoms with van der Waals surface area (Å²) in [4.78, 5) is 50.6. The lowest BCUT2D eigenvalue weighted by Gasteiger charge is -2.42. The van der Waals surface area contributed by atoms with Crippen LogP contribution >= 0.6 is 0 Å². The molecule has 29 nitrogen and oxygen atoms in total. The molecule has 4 aromatic rings. The van der Waals surface area contributed by atoms with Gasteiger partial charge in [0.2, 0.25) is 12.6 Å². The molecule has 0 amide bonds. The standard InChI is InChI=1S/C51H50O29/c52-19-3-1-17(2-4-19)28-12-25(56)37-24(55)9-21(10-30(37)75-28)74-50-46(69)43(66)40(63)33(79-50)15-72-36(60)13-35(59)71-14-32-39(62)42(65)45(68)49(78-32)73-16-34-41(64)44(67)47(70)51(80-34)77-31-11-22-23(54)7-20(53)8-29(22)76-48(31)18-5-26(57)38(61)27(58)6-18/h1-12,32-34,39-47,49-52,54-55,57-58,61-70H,13-16H2/t32-,33-,34-,39-,40-,41-,42+,43+,44+,45-,46-,47-,49-,50-,51-/m1/s1. The lowest BCUT2D eigenvalue weighted by atomic mass is 9.98. The Morgan fingerprint density at radius 3 is 1.61 bits per heavy atom. The van der Waals surface area contributed by atoms with Crippen molar-refractivity contribution in [1.82, 2.24) is 0 Å². The molecular formula is C51H50O29. The van der Waals surface area contributed by atoms with Crippen molar-refractivity contribution in [3.63, 3.8) is 0 Å². The van der Waals surface area contributed by atoms with Gasteiger partial charge in [0.25, 0.3) is 0 Å². The predicted octanol–water partition coefficient (Wildman–Crippen LogP) is -2.21. The van der Waals surface area contributed by atoms with Crippen LogP contribution in [0, 0.1) is 0 Å². The summed E-state index contributed by atoms with van der Waals surface area (Å²) in [7, 11) is 0. The van der Waals surface area contributed by atoms with Gasteiger partial charge < -0.3 is 123 Å².